The maximum Gasteiger partial charge on any atom is 0.223 e. The third-order valence-corrected chi connectivity index (χ3v) is 6.67. The lowest BCUT2D eigenvalue weighted by Gasteiger charge is -2.31. The minimum Gasteiger partial charge on any atom is -0.382 e. The van der Waals surface area contributed by atoms with Crippen LogP contribution in [0.3, 0.4) is 0 Å². The van der Waals surface area contributed by atoms with E-state index in [0.717, 1.165) is 52.0 Å². The Morgan fingerprint density at radius 2 is 1.82 bits per heavy atom. The number of hydrogen-bond acceptors (Lipinski definition) is 3. The summed E-state index contributed by atoms with van der Waals surface area (Å²) in [5, 5.41) is 4.38. The lowest BCUT2D eigenvalue weighted by Crippen LogP contribution is -2.40. The van der Waals surface area contributed by atoms with E-state index >= 15 is 0 Å². The standard InChI is InChI=1S/C28H37N3O2/c1-3-33-18-6-15-29-28(32)24-13-16-30(17-14-24)21-26-19-25-7-4-5-8-27(25)31(26)20-23-11-9-22(2)10-12-23/h4-5,7-12,19,24H,3,6,13-18,20-21H2,1-2H3,(H,29,32). The number of fused-ring (bicyclic) bond motifs is 1. The predicted octanol–water partition coefficient (Wildman–Crippen LogP) is 4.75. The van der Waals surface area contributed by atoms with Gasteiger partial charge in [0.1, 0.15) is 0 Å². The van der Waals surface area contributed by atoms with Crippen molar-refractivity contribution in [2.24, 2.45) is 5.92 Å². The molecule has 1 aliphatic rings. The van der Waals surface area contributed by atoms with Crippen LogP contribution < -0.4 is 5.32 Å². The van der Waals surface area contributed by atoms with E-state index in [1.54, 1.807) is 0 Å². The van der Waals surface area contributed by atoms with Gasteiger partial charge in [0.05, 0.1) is 0 Å². The highest BCUT2D eigenvalue weighted by Crippen LogP contribution is 2.25. The minimum atomic E-state index is 0.131. The Kier molecular flexibility index (Phi) is 8.19. The zero-order valence-corrected chi connectivity index (χ0v) is 20.1. The van der Waals surface area contributed by atoms with Crippen LogP contribution in [-0.2, 0) is 22.6 Å². The third-order valence-electron chi connectivity index (χ3n) is 6.67. The molecule has 2 aromatic carbocycles. The molecular weight excluding hydrogens is 410 g/mol. The molecule has 1 amide bonds. The first-order chi connectivity index (χ1) is 16.1. The average Bonchev–Trinajstić information content (AvgIpc) is 3.17. The molecule has 1 N–H and O–H groups in total. The van der Waals surface area contributed by atoms with E-state index in [2.05, 4.69) is 76.3 Å². The predicted molar refractivity (Wildman–Crippen MR) is 134 cm³/mol. The Bertz CT molecular complexity index is 1030. The molecular formula is C28H37N3O2. The van der Waals surface area contributed by atoms with E-state index < -0.39 is 0 Å². The molecule has 3 aromatic rings. The molecule has 1 aliphatic heterocycles. The minimum absolute atomic E-state index is 0.131. The molecule has 0 saturated carbocycles. The summed E-state index contributed by atoms with van der Waals surface area (Å²) in [7, 11) is 0. The monoisotopic (exact) mass is 447 g/mol. The second kappa shape index (κ2) is 11.5. The number of amides is 1. The van der Waals surface area contributed by atoms with Crippen LogP contribution in [0.5, 0.6) is 0 Å². The number of hydrogen-bond donors (Lipinski definition) is 1. The maximum atomic E-state index is 12.5. The molecule has 1 aromatic heterocycles. The number of rotatable bonds is 10. The van der Waals surface area contributed by atoms with E-state index in [4.69, 9.17) is 4.74 Å². The van der Waals surface area contributed by atoms with Gasteiger partial charge in [-0.1, -0.05) is 48.0 Å². The molecule has 33 heavy (non-hydrogen) atoms. The Morgan fingerprint density at radius 1 is 1.06 bits per heavy atom. The van der Waals surface area contributed by atoms with Gasteiger partial charge in [0.25, 0.3) is 0 Å². The van der Waals surface area contributed by atoms with Crippen molar-refractivity contribution in [2.75, 3.05) is 32.8 Å². The lowest BCUT2D eigenvalue weighted by molar-refractivity contribution is -0.126. The molecule has 0 radical (unpaired) electrons. The van der Waals surface area contributed by atoms with Gasteiger partial charge in [-0.2, -0.15) is 0 Å². The smallest absolute Gasteiger partial charge is 0.223 e. The number of ether oxygens (including phenoxy) is 1. The van der Waals surface area contributed by atoms with Crippen LogP contribution in [0.4, 0.5) is 0 Å². The number of nitrogens with one attached hydrogen (secondary N) is 1. The third kappa shape index (κ3) is 6.24. The van der Waals surface area contributed by atoms with E-state index in [9.17, 15) is 4.79 Å². The number of carbonyl (C=O) groups is 1. The van der Waals surface area contributed by atoms with Crippen molar-refractivity contribution in [3.63, 3.8) is 0 Å². The summed E-state index contributed by atoms with van der Waals surface area (Å²) in [4.78, 5) is 15.0. The molecule has 1 fully saturated rings. The number of likely N-dealkylation sites (tertiary alicyclic amines) is 1. The SMILES string of the molecule is CCOCCCNC(=O)C1CCN(Cc2cc3ccccc3n2Cc2ccc(C)cc2)CC1. The summed E-state index contributed by atoms with van der Waals surface area (Å²) in [6.07, 6.45) is 2.73. The lowest BCUT2D eigenvalue weighted by atomic mass is 9.96. The zero-order valence-electron chi connectivity index (χ0n) is 20.1. The Labute approximate surface area is 197 Å². The first kappa shape index (κ1) is 23.5. The fourth-order valence-electron chi connectivity index (χ4n) is 4.72. The van der Waals surface area contributed by atoms with E-state index in [0.29, 0.717) is 13.2 Å². The number of carbonyl (C=O) groups excluding carboxylic acids is 1. The Hall–Kier alpha value is -2.63. The summed E-state index contributed by atoms with van der Waals surface area (Å²) in [5.41, 5.74) is 5.24. The fourth-order valence-corrected chi connectivity index (χ4v) is 4.72. The molecule has 0 atom stereocenters. The second-order valence-electron chi connectivity index (χ2n) is 9.16. The highest BCUT2D eigenvalue weighted by Gasteiger charge is 2.25. The summed E-state index contributed by atoms with van der Waals surface area (Å²) in [6, 6.07) is 19.8. The molecule has 5 nitrogen and oxygen atoms in total. The topological polar surface area (TPSA) is 46.5 Å². The van der Waals surface area contributed by atoms with Crippen molar-refractivity contribution in [1.82, 2.24) is 14.8 Å². The van der Waals surface area contributed by atoms with Gasteiger partial charge in [0.15, 0.2) is 0 Å². The van der Waals surface area contributed by atoms with Crippen LogP contribution in [0.1, 0.15) is 43.0 Å². The Morgan fingerprint density at radius 3 is 2.58 bits per heavy atom. The van der Waals surface area contributed by atoms with Crippen molar-refractivity contribution in [3.05, 3.63) is 71.4 Å². The largest absolute Gasteiger partial charge is 0.382 e. The average molecular weight is 448 g/mol. The molecule has 0 aliphatic carbocycles. The highest BCUT2D eigenvalue weighted by atomic mass is 16.5. The zero-order chi connectivity index (χ0) is 23.0. The number of piperidine rings is 1. The first-order valence-corrected chi connectivity index (χ1v) is 12.3. The van der Waals surface area contributed by atoms with Gasteiger partial charge in [-0.05, 0) is 69.3 Å². The van der Waals surface area contributed by atoms with Gasteiger partial charge >= 0.3 is 0 Å². The highest BCUT2D eigenvalue weighted by molar-refractivity contribution is 5.81. The van der Waals surface area contributed by atoms with Crippen molar-refractivity contribution in [2.45, 2.75) is 46.2 Å². The van der Waals surface area contributed by atoms with Crippen LogP contribution in [0.15, 0.2) is 54.6 Å². The van der Waals surface area contributed by atoms with Crippen LogP contribution in [0.25, 0.3) is 10.9 Å². The molecule has 176 valence electrons. The van der Waals surface area contributed by atoms with E-state index in [1.165, 1.54) is 27.7 Å². The second-order valence-corrected chi connectivity index (χ2v) is 9.16. The summed E-state index contributed by atoms with van der Waals surface area (Å²) >= 11 is 0. The van der Waals surface area contributed by atoms with Crippen LogP contribution >= 0.6 is 0 Å². The number of aryl methyl sites for hydroxylation is 1. The van der Waals surface area contributed by atoms with Crippen molar-refractivity contribution >= 4 is 16.8 Å². The van der Waals surface area contributed by atoms with Gasteiger partial charge < -0.3 is 14.6 Å². The van der Waals surface area contributed by atoms with E-state index in [-0.39, 0.29) is 11.8 Å². The molecule has 0 bridgehead atoms. The van der Waals surface area contributed by atoms with Gasteiger partial charge in [-0.15, -0.1) is 0 Å². The summed E-state index contributed by atoms with van der Waals surface area (Å²) in [6.45, 7) is 10.00. The van der Waals surface area contributed by atoms with Crippen LogP contribution in [0, 0.1) is 12.8 Å². The van der Waals surface area contributed by atoms with Crippen LogP contribution in [-0.4, -0.2) is 48.2 Å². The van der Waals surface area contributed by atoms with E-state index in [1.807, 2.05) is 6.92 Å². The molecule has 5 heteroatoms. The fraction of sp³-hybridized carbons (Fsp3) is 0.464. The molecule has 0 spiro atoms. The molecule has 1 saturated heterocycles. The summed E-state index contributed by atoms with van der Waals surface area (Å²) < 4.78 is 7.80. The maximum absolute atomic E-state index is 12.5. The number of nitrogens with zero attached hydrogens (tertiary/aromatic N) is 2. The van der Waals surface area contributed by atoms with Gasteiger partial charge in [-0.25, -0.2) is 0 Å². The summed E-state index contributed by atoms with van der Waals surface area (Å²) in [5.74, 6) is 0.339. The van der Waals surface area contributed by atoms with Crippen molar-refractivity contribution in [3.8, 4) is 0 Å². The van der Waals surface area contributed by atoms with Crippen LogP contribution in [0.2, 0.25) is 0 Å². The Balaban J connectivity index is 1.36. The normalized spacial score (nSPS) is 15.2. The van der Waals surface area contributed by atoms with Gasteiger partial charge in [0.2, 0.25) is 5.91 Å². The number of aromatic nitrogens is 1. The first-order valence-electron chi connectivity index (χ1n) is 12.3. The van der Waals surface area contributed by atoms with Crippen molar-refractivity contribution < 1.29 is 9.53 Å². The number of para-hydroxylation sites is 1. The van der Waals surface area contributed by atoms with Crippen molar-refractivity contribution in [1.29, 1.82) is 0 Å². The van der Waals surface area contributed by atoms with Gasteiger partial charge in [-0.3, -0.25) is 9.69 Å². The molecule has 0 unspecified atom stereocenters. The van der Waals surface area contributed by atoms with Gasteiger partial charge in [0, 0.05) is 50.0 Å². The number of benzene rings is 2. The quantitative estimate of drug-likeness (QED) is 0.456. The molecule has 2 heterocycles. The molecule has 4 rings (SSSR count).